The molecule has 2 amide bonds. The van der Waals surface area contributed by atoms with Crippen LogP contribution < -0.4 is 15.5 Å². The largest absolute Gasteiger partial charge is 0.403 e. The van der Waals surface area contributed by atoms with E-state index in [0.717, 1.165) is 24.8 Å². The van der Waals surface area contributed by atoms with Gasteiger partial charge in [0, 0.05) is 31.4 Å². The van der Waals surface area contributed by atoms with Gasteiger partial charge in [0.25, 0.3) is 0 Å². The SMILES string of the molecule is CN(C)c1nnc(-c2ccc(NC(=O)N[C@H]3C=CCCC3)cc2)o1. The highest BCUT2D eigenvalue weighted by molar-refractivity contribution is 5.89. The fourth-order valence-corrected chi connectivity index (χ4v) is 2.48. The molecule has 0 radical (unpaired) electrons. The van der Waals surface area contributed by atoms with Crippen molar-refractivity contribution in [3.63, 3.8) is 0 Å². The Morgan fingerprint density at radius 3 is 2.67 bits per heavy atom. The van der Waals surface area contributed by atoms with Crippen molar-refractivity contribution in [3.8, 4) is 11.5 Å². The zero-order chi connectivity index (χ0) is 16.9. The van der Waals surface area contributed by atoms with Gasteiger partial charge < -0.3 is 20.0 Å². The summed E-state index contributed by atoms with van der Waals surface area (Å²) in [5.41, 5.74) is 1.51. The van der Waals surface area contributed by atoms with E-state index in [1.165, 1.54) is 0 Å². The summed E-state index contributed by atoms with van der Waals surface area (Å²) in [5.74, 6) is 0.446. The Kier molecular flexibility index (Phi) is 4.79. The van der Waals surface area contributed by atoms with Gasteiger partial charge in [0.05, 0.1) is 0 Å². The summed E-state index contributed by atoms with van der Waals surface area (Å²) in [6.07, 6.45) is 7.33. The molecule has 0 fully saturated rings. The van der Waals surface area contributed by atoms with Gasteiger partial charge in [-0.3, -0.25) is 0 Å². The molecule has 0 aliphatic heterocycles. The molecule has 1 atom stereocenters. The molecule has 24 heavy (non-hydrogen) atoms. The Labute approximate surface area is 140 Å². The molecule has 1 aliphatic carbocycles. The Hall–Kier alpha value is -2.83. The Morgan fingerprint density at radius 1 is 1.25 bits per heavy atom. The number of nitrogens with zero attached hydrogens (tertiary/aromatic N) is 3. The van der Waals surface area contributed by atoms with E-state index in [0.29, 0.717) is 17.6 Å². The molecule has 7 nitrogen and oxygen atoms in total. The molecule has 1 heterocycles. The van der Waals surface area contributed by atoms with Crippen molar-refractivity contribution in [1.82, 2.24) is 15.5 Å². The standard InChI is InChI=1S/C17H21N5O2/c1-22(2)17-21-20-15(24-17)12-8-10-14(11-9-12)19-16(23)18-13-6-4-3-5-7-13/h4,6,8-11,13H,3,5,7H2,1-2H3,(H2,18,19,23)/t13-/m0/s1. The molecule has 0 unspecified atom stereocenters. The van der Waals surface area contributed by atoms with Crippen LogP contribution >= 0.6 is 0 Å². The number of benzene rings is 1. The van der Waals surface area contributed by atoms with Crippen molar-refractivity contribution in [3.05, 3.63) is 36.4 Å². The third-order valence-electron chi connectivity index (χ3n) is 3.76. The van der Waals surface area contributed by atoms with Gasteiger partial charge in [0.2, 0.25) is 5.89 Å². The molecule has 1 aromatic heterocycles. The first-order chi connectivity index (χ1) is 11.6. The number of carbonyl (C=O) groups excluding carboxylic acids is 1. The van der Waals surface area contributed by atoms with Crippen LogP contribution in [0, 0.1) is 0 Å². The predicted octanol–water partition coefficient (Wildman–Crippen LogP) is 3.03. The van der Waals surface area contributed by atoms with Gasteiger partial charge >= 0.3 is 12.0 Å². The van der Waals surface area contributed by atoms with Crippen molar-refractivity contribution < 1.29 is 9.21 Å². The highest BCUT2D eigenvalue weighted by atomic mass is 16.4. The number of hydrogen-bond acceptors (Lipinski definition) is 5. The number of amides is 2. The van der Waals surface area contributed by atoms with Crippen molar-refractivity contribution in [2.75, 3.05) is 24.3 Å². The third-order valence-corrected chi connectivity index (χ3v) is 3.76. The maximum atomic E-state index is 12.0. The van der Waals surface area contributed by atoms with Crippen LogP contribution in [0.3, 0.4) is 0 Å². The van der Waals surface area contributed by atoms with Crippen molar-refractivity contribution in [1.29, 1.82) is 0 Å². The molecular formula is C17H21N5O2. The topological polar surface area (TPSA) is 83.3 Å². The minimum absolute atomic E-state index is 0.112. The van der Waals surface area contributed by atoms with E-state index < -0.39 is 0 Å². The number of hydrogen-bond donors (Lipinski definition) is 2. The highest BCUT2D eigenvalue weighted by Gasteiger charge is 2.12. The maximum absolute atomic E-state index is 12.0. The van der Waals surface area contributed by atoms with E-state index in [4.69, 9.17) is 4.42 Å². The molecule has 1 aromatic carbocycles. The summed E-state index contributed by atoms with van der Waals surface area (Å²) < 4.78 is 5.55. The van der Waals surface area contributed by atoms with E-state index in [1.54, 1.807) is 4.90 Å². The van der Waals surface area contributed by atoms with Crippen molar-refractivity contribution in [2.24, 2.45) is 0 Å². The number of nitrogens with one attached hydrogen (secondary N) is 2. The van der Waals surface area contributed by atoms with Gasteiger partial charge in [-0.15, -0.1) is 5.10 Å². The Bertz CT molecular complexity index is 721. The molecule has 0 bridgehead atoms. The van der Waals surface area contributed by atoms with Crippen molar-refractivity contribution in [2.45, 2.75) is 25.3 Å². The zero-order valence-corrected chi connectivity index (χ0v) is 13.8. The van der Waals surface area contributed by atoms with Crippen LogP contribution in [0.5, 0.6) is 0 Å². The van der Waals surface area contributed by atoms with E-state index in [1.807, 2.05) is 44.4 Å². The quantitative estimate of drug-likeness (QED) is 0.843. The lowest BCUT2D eigenvalue weighted by atomic mass is 10.0. The smallest absolute Gasteiger partial charge is 0.319 e. The van der Waals surface area contributed by atoms with Gasteiger partial charge in [-0.25, -0.2) is 4.79 Å². The second-order valence-electron chi connectivity index (χ2n) is 5.93. The third kappa shape index (κ3) is 3.92. The second kappa shape index (κ2) is 7.16. The minimum atomic E-state index is -0.202. The van der Waals surface area contributed by atoms with E-state index >= 15 is 0 Å². The number of anilines is 2. The first-order valence-electron chi connectivity index (χ1n) is 7.97. The lowest BCUT2D eigenvalue weighted by Crippen LogP contribution is -2.37. The number of rotatable bonds is 4. The van der Waals surface area contributed by atoms with Crippen LogP contribution in [0.25, 0.3) is 11.5 Å². The number of aromatic nitrogens is 2. The van der Waals surface area contributed by atoms with Crippen LogP contribution in [-0.4, -0.2) is 36.4 Å². The van der Waals surface area contributed by atoms with Gasteiger partial charge in [0.15, 0.2) is 0 Å². The average molecular weight is 327 g/mol. The summed E-state index contributed by atoms with van der Waals surface area (Å²) in [5, 5.41) is 13.7. The lowest BCUT2D eigenvalue weighted by molar-refractivity contribution is 0.249. The van der Waals surface area contributed by atoms with E-state index in [9.17, 15) is 4.79 Å². The molecular weight excluding hydrogens is 306 g/mol. The van der Waals surface area contributed by atoms with Gasteiger partial charge in [-0.2, -0.15) is 0 Å². The van der Waals surface area contributed by atoms with Crippen LogP contribution in [0.2, 0.25) is 0 Å². The van der Waals surface area contributed by atoms with Crippen LogP contribution in [0.1, 0.15) is 19.3 Å². The molecule has 0 saturated carbocycles. The fourth-order valence-electron chi connectivity index (χ4n) is 2.48. The molecule has 7 heteroatoms. The summed E-state index contributed by atoms with van der Waals surface area (Å²) in [4.78, 5) is 13.8. The monoisotopic (exact) mass is 327 g/mol. The summed E-state index contributed by atoms with van der Waals surface area (Å²) >= 11 is 0. The molecule has 3 rings (SSSR count). The summed E-state index contributed by atoms with van der Waals surface area (Å²) in [6, 6.07) is 7.66. The lowest BCUT2D eigenvalue weighted by Gasteiger charge is -2.18. The molecule has 2 aromatic rings. The summed E-state index contributed by atoms with van der Waals surface area (Å²) in [6.45, 7) is 0. The maximum Gasteiger partial charge on any atom is 0.319 e. The molecule has 126 valence electrons. The van der Waals surface area contributed by atoms with Gasteiger partial charge in [-0.1, -0.05) is 17.3 Å². The number of carbonyl (C=O) groups is 1. The molecule has 2 N–H and O–H groups in total. The minimum Gasteiger partial charge on any atom is -0.403 e. The second-order valence-corrected chi connectivity index (χ2v) is 5.93. The van der Waals surface area contributed by atoms with Gasteiger partial charge in [-0.05, 0) is 43.5 Å². The van der Waals surface area contributed by atoms with E-state index in [2.05, 4.69) is 26.9 Å². The highest BCUT2D eigenvalue weighted by Crippen LogP contribution is 2.22. The predicted molar refractivity (Wildman–Crippen MR) is 93.0 cm³/mol. The number of allylic oxidation sites excluding steroid dienone is 1. The number of urea groups is 1. The first-order valence-corrected chi connectivity index (χ1v) is 7.97. The van der Waals surface area contributed by atoms with Crippen LogP contribution in [0.4, 0.5) is 16.5 Å². The summed E-state index contributed by atoms with van der Waals surface area (Å²) in [7, 11) is 3.68. The average Bonchev–Trinajstić information content (AvgIpc) is 3.07. The molecule has 0 spiro atoms. The van der Waals surface area contributed by atoms with E-state index in [-0.39, 0.29) is 12.1 Å². The molecule has 0 saturated heterocycles. The normalized spacial score (nSPS) is 16.7. The zero-order valence-electron chi connectivity index (χ0n) is 13.8. The van der Waals surface area contributed by atoms with Crippen LogP contribution in [-0.2, 0) is 0 Å². The molecule has 1 aliphatic rings. The Balaban J connectivity index is 1.60. The first kappa shape index (κ1) is 16.0. The fraction of sp³-hybridized carbons (Fsp3) is 0.353. The van der Waals surface area contributed by atoms with Crippen molar-refractivity contribution >= 4 is 17.7 Å². The Morgan fingerprint density at radius 2 is 2.04 bits per heavy atom. The van der Waals surface area contributed by atoms with Gasteiger partial charge in [0.1, 0.15) is 0 Å². The van der Waals surface area contributed by atoms with Crippen LogP contribution in [0.15, 0.2) is 40.8 Å².